The number of benzene rings is 3. The third-order valence-electron chi connectivity index (χ3n) is 6.60. The Kier molecular flexibility index (Phi) is 6.10. The predicted octanol–water partition coefficient (Wildman–Crippen LogP) is 8.50. The first-order chi connectivity index (χ1) is 13.8. The molecule has 0 amide bonds. The average molecular weight is 375 g/mol. The van der Waals surface area contributed by atoms with Crippen LogP contribution in [0.2, 0.25) is 0 Å². The van der Waals surface area contributed by atoms with Crippen LogP contribution in [0.15, 0.2) is 60.7 Å². The van der Waals surface area contributed by atoms with Gasteiger partial charge in [0.25, 0.3) is 0 Å². The molecule has 3 aromatic rings. The lowest BCUT2D eigenvalue weighted by molar-refractivity contribution is 0.303. The highest BCUT2D eigenvalue weighted by molar-refractivity contribution is 5.88. The van der Waals surface area contributed by atoms with E-state index in [1.165, 1.54) is 56.9 Å². The van der Waals surface area contributed by atoms with Gasteiger partial charge in [-0.2, -0.15) is 0 Å². The molecule has 0 spiro atoms. The van der Waals surface area contributed by atoms with Crippen molar-refractivity contribution >= 4 is 10.8 Å². The molecule has 4 rings (SSSR count). The van der Waals surface area contributed by atoms with E-state index in [4.69, 9.17) is 0 Å². The average Bonchev–Trinajstić information content (AvgIpc) is 2.75. The molecule has 1 saturated carbocycles. The third-order valence-corrected chi connectivity index (χ3v) is 6.60. The maximum absolute atomic E-state index is 15.1. The number of hydrogen-bond donors (Lipinski definition) is 0. The van der Waals surface area contributed by atoms with Crippen molar-refractivity contribution in [2.24, 2.45) is 5.92 Å². The van der Waals surface area contributed by atoms with Crippen molar-refractivity contribution in [2.45, 2.75) is 64.2 Å². The first-order valence-electron chi connectivity index (χ1n) is 11.0. The third kappa shape index (κ3) is 4.14. The molecule has 1 fully saturated rings. The van der Waals surface area contributed by atoms with Crippen LogP contribution in [-0.2, 0) is 0 Å². The summed E-state index contributed by atoms with van der Waals surface area (Å²) in [5.74, 6) is 1.47. The van der Waals surface area contributed by atoms with E-state index < -0.39 is 0 Å². The first-order valence-corrected chi connectivity index (χ1v) is 11.0. The zero-order valence-corrected chi connectivity index (χ0v) is 17.0. The van der Waals surface area contributed by atoms with Crippen molar-refractivity contribution in [1.29, 1.82) is 0 Å². The maximum atomic E-state index is 15.1. The molecule has 0 bridgehead atoms. The smallest absolute Gasteiger partial charge is 0.138 e. The maximum Gasteiger partial charge on any atom is 0.138 e. The fraction of sp³-hybridized carbons (Fsp3) is 0.407. The Hall–Kier alpha value is -2.15. The van der Waals surface area contributed by atoms with Gasteiger partial charge in [0.1, 0.15) is 5.82 Å². The normalized spacial score (nSPS) is 19.8. The highest BCUT2D eigenvalue weighted by Gasteiger charge is 2.22. The fourth-order valence-corrected chi connectivity index (χ4v) is 4.87. The van der Waals surface area contributed by atoms with Crippen LogP contribution in [-0.4, -0.2) is 0 Å². The standard InChI is InChI=1S/C27H31F/c1-2-3-5-8-20-11-13-21(14-12-20)23-15-17-26-24(19-23)16-18-25(27(26)28)22-9-6-4-7-10-22/h4,6-7,9-10,15-21H,2-3,5,8,11-14H2,1H3/t20-,21-. The van der Waals surface area contributed by atoms with Crippen LogP contribution in [0, 0.1) is 11.7 Å². The van der Waals surface area contributed by atoms with E-state index in [-0.39, 0.29) is 5.82 Å². The van der Waals surface area contributed by atoms with Crippen LogP contribution < -0.4 is 0 Å². The van der Waals surface area contributed by atoms with Crippen LogP contribution in [0.3, 0.4) is 0 Å². The quantitative estimate of drug-likeness (QED) is 0.379. The van der Waals surface area contributed by atoms with Gasteiger partial charge in [0.2, 0.25) is 0 Å². The van der Waals surface area contributed by atoms with Crippen molar-refractivity contribution in [3.05, 3.63) is 72.0 Å². The molecule has 1 aliphatic rings. The molecule has 0 N–H and O–H groups in total. The lowest BCUT2D eigenvalue weighted by atomic mass is 9.76. The molecule has 3 aromatic carbocycles. The molecule has 1 heteroatoms. The Morgan fingerprint density at radius 2 is 1.64 bits per heavy atom. The minimum absolute atomic E-state index is 0.102. The van der Waals surface area contributed by atoms with Crippen molar-refractivity contribution in [3.63, 3.8) is 0 Å². The summed E-state index contributed by atoms with van der Waals surface area (Å²) in [4.78, 5) is 0. The zero-order valence-electron chi connectivity index (χ0n) is 17.0. The Balaban J connectivity index is 1.50. The molecule has 0 aromatic heterocycles. The van der Waals surface area contributed by atoms with Crippen LogP contribution in [0.25, 0.3) is 21.9 Å². The summed E-state index contributed by atoms with van der Waals surface area (Å²) in [6, 6.07) is 20.2. The van der Waals surface area contributed by atoms with Crippen molar-refractivity contribution in [3.8, 4) is 11.1 Å². The summed E-state index contributed by atoms with van der Waals surface area (Å²) in [7, 11) is 0. The molecule has 0 nitrogen and oxygen atoms in total. The van der Waals surface area contributed by atoms with Gasteiger partial charge in [0.15, 0.2) is 0 Å². The van der Waals surface area contributed by atoms with Gasteiger partial charge in [-0.3, -0.25) is 0 Å². The molecule has 0 radical (unpaired) electrons. The summed E-state index contributed by atoms with van der Waals surface area (Å²) >= 11 is 0. The Morgan fingerprint density at radius 3 is 2.39 bits per heavy atom. The molecule has 0 saturated heterocycles. The van der Waals surface area contributed by atoms with Gasteiger partial charge in [-0.15, -0.1) is 0 Å². The molecule has 28 heavy (non-hydrogen) atoms. The number of hydrogen-bond acceptors (Lipinski definition) is 0. The van der Waals surface area contributed by atoms with Crippen LogP contribution >= 0.6 is 0 Å². The van der Waals surface area contributed by atoms with Crippen molar-refractivity contribution < 1.29 is 4.39 Å². The topological polar surface area (TPSA) is 0 Å². The number of rotatable bonds is 6. The molecule has 0 atom stereocenters. The minimum Gasteiger partial charge on any atom is -0.206 e. The van der Waals surface area contributed by atoms with Crippen LogP contribution in [0.1, 0.15) is 69.8 Å². The SMILES string of the molecule is CCCCC[C@H]1CC[C@H](c2ccc3c(F)c(-c4ccccc4)ccc3c2)CC1. The van der Waals surface area contributed by atoms with Crippen LogP contribution in [0.5, 0.6) is 0 Å². The van der Waals surface area contributed by atoms with Crippen LogP contribution in [0.4, 0.5) is 4.39 Å². The van der Waals surface area contributed by atoms with Gasteiger partial charge in [-0.25, -0.2) is 4.39 Å². The van der Waals surface area contributed by atoms with Gasteiger partial charge < -0.3 is 0 Å². The van der Waals surface area contributed by atoms with Gasteiger partial charge in [-0.1, -0.05) is 93.3 Å². The highest BCUT2D eigenvalue weighted by atomic mass is 19.1. The van der Waals surface area contributed by atoms with Crippen molar-refractivity contribution in [2.75, 3.05) is 0 Å². The molecule has 1 aliphatic carbocycles. The molecular formula is C27H31F. The molecule has 146 valence electrons. The van der Waals surface area contributed by atoms with E-state index in [2.05, 4.69) is 25.1 Å². The lowest BCUT2D eigenvalue weighted by Gasteiger charge is -2.29. The summed E-state index contributed by atoms with van der Waals surface area (Å²) in [5.41, 5.74) is 3.02. The lowest BCUT2D eigenvalue weighted by Crippen LogP contribution is -2.13. The molecule has 0 heterocycles. The number of unbranched alkanes of at least 4 members (excludes halogenated alkanes) is 2. The molecule has 0 aliphatic heterocycles. The fourth-order valence-electron chi connectivity index (χ4n) is 4.87. The van der Waals surface area contributed by atoms with Gasteiger partial charge in [0, 0.05) is 10.9 Å². The number of fused-ring (bicyclic) bond motifs is 1. The summed E-state index contributed by atoms with van der Waals surface area (Å²) < 4.78 is 15.1. The Bertz CT molecular complexity index is 904. The summed E-state index contributed by atoms with van der Waals surface area (Å²) in [6.07, 6.45) is 10.8. The van der Waals surface area contributed by atoms with E-state index in [0.29, 0.717) is 11.5 Å². The summed E-state index contributed by atoms with van der Waals surface area (Å²) in [5, 5.41) is 1.76. The van der Waals surface area contributed by atoms with Crippen molar-refractivity contribution in [1.82, 2.24) is 0 Å². The molecular weight excluding hydrogens is 343 g/mol. The van der Waals surface area contributed by atoms with Gasteiger partial charge >= 0.3 is 0 Å². The predicted molar refractivity (Wildman–Crippen MR) is 118 cm³/mol. The Labute approximate surface area is 168 Å². The van der Waals surface area contributed by atoms with E-state index in [1.807, 2.05) is 42.5 Å². The van der Waals surface area contributed by atoms with E-state index >= 15 is 4.39 Å². The zero-order chi connectivity index (χ0) is 19.3. The molecule has 0 unspecified atom stereocenters. The van der Waals surface area contributed by atoms with E-state index in [9.17, 15) is 0 Å². The van der Waals surface area contributed by atoms with E-state index in [1.54, 1.807) is 0 Å². The van der Waals surface area contributed by atoms with E-state index in [0.717, 1.165) is 22.3 Å². The Morgan fingerprint density at radius 1 is 0.857 bits per heavy atom. The minimum atomic E-state index is -0.102. The number of halogens is 1. The van der Waals surface area contributed by atoms with Gasteiger partial charge in [-0.05, 0) is 54.0 Å². The summed E-state index contributed by atoms with van der Waals surface area (Å²) in [6.45, 7) is 2.28. The van der Waals surface area contributed by atoms with Gasteiger partial charge in [0.05, 0.1) is 0 Å². The second-order valence-corrected chi connectivity index (χ2v) is 8.49. The monoisotopic (exact) mass is 374 g/mol. The largest absolute Gasteiger partial charge is 0.206 e. The second-order valence-electron chi connectivity index (χ2n) is 8.49. The second kappa shape index (κ2) is 8.90. The highest BCUT2D eigenvalue weighted by Crippen LogP contribution is 2.39. The first kappa shape index (κ1) is 19.2.